The molecule has 1 saturated heterocycles. The molecule has 234 valence electrons. The SMILES string of the molecule is COC12CC[C@@]3(CC1CNC(=O)[C@H](Cc1ccc(O)cc1)NC(C)=O)[C@H]1Cc4ccc(O)c5c4[C@@]3(CCN1CC1CC1)C2O5. The molecule has 5 aliphatic carbocycles. The molecule has 7 atom stereocenters. The molecule has 2 aromatic carbocycles. The van der Waals surface area contributed by atoms with Crippen LogP contribution in [0.3, 0.4) is 0 Å². The van der Waals surface area contributed by atoms with Crippen LogP contribution in [0.2, 0.25) is 0 Å². The molecular weight excluding hydrogens is 558 g/mol. The maximum atomic E-state index is 13.7. The molecule has 2 aromatic rings. The number of carbonyl (C=O) groups is 2. The number of rotatable bonds is 9. The Morgan fingerprint density at radius 3 is 2.64 bits per heavy atom. The zero-order valence-corrected chi connectivity index (χ0v) is 25.6. The first-order chi connectivity index (χ1) is 21.2. The fourth-order valence-corrected chi connectivity index (χ4v) is 10.5. The van der Waals surface area contributed by atoms with Crippen molar-refractivity contribution >= 4 is 11.8 Å². The molecule has 4 N–H and O–H groups in total. The Morgan fingerprint density at radius 2 is 1.91 bits per heavy atom. The van der Waals surface area contributed by atoms with Crippen molar-refractivity contribution in [1.82, 2.24) is 15.5 Å². The van der Waals surface area contributed by atoms with Crippen LogP contribution < -0.4 is 15.4 Å². The quantitative estimate of drug-likeness (QED) is 0.349. The maximum absolute atomic E-state index is 13.7. The molecule has 9 rings (SSSR count). The highest BCUT2D eigenvalue weighted by atomic mass is 16.6. The van der Waals surface area contributed by atoms with E-state index in [0.29, 0.717) is 24.8 Å². The number of hydrogen-bond acceptors (Lipinski definition) is 7. The Bertz CT molecular complexity index is 1510. The van der Waals surface area contributed by atoms with Crippen LogP contribution in [0.15, 0.2) is 36.4 Å². The fourth-order valence-electron chi connectivity index (χ4n) is 10.5. The van der Waals surface area contributed by atoms with E-state index in [-0.39, 0.29) is 46.2 Å². The second kappa shape index (κ2) is 9.85. The van der Waals surface area contributed by atoms with Gasteiger partial charge in [-0.05, 0) is 86.7 Å². The van der Waals surface area contributed by atoms with E-state index in [9.17, 15) is 19.8 Å². The van der Waals surface area contributed by atoms with Crippen LogP contribution in [0.5, 0.6) is 17.2 Å². The van der Waals surface area contributed by atoms with Crippen molar-refractivity contribution in [2.45, 2.75) is 87.5 Å². The Morgan fingerprint density at radius 1 is 1.11 bits per heavy atom. The molecule has 4 saturated carbocycles. The maximum Gasteiger partial charge on any atom is 0.242 e. The number of phenols is 2. The van der Waals surface area contributed by atoms with E-state index in [1.165, 1.54) is 30.9 Å². The number of nitrogens with one attached hydrogen (secondary N) is 2. The lowest BCUT2D eigenvalue weighted by Gasteiger charge is -2.74. The molecule has 9 nitrogen and oxygen atoms in total. The fraction of sp³-hybridized carbons (Fsp3) is 0.600. The molecule has 9 heteroatoms. The van der Waals surface area contributed by atoms with E-state index in [1.807, 2.05) is 0 Å². The van der Waals surface area contributed by atoms with Crippen molar-refractivity contribution in [3.8, 4) is 17.2 Å². The average molecular weight is 602 g/mol. The van der Waals surface area contributed by atoms with Gasteiger partial charge in [-0.2, -0.15) is 0 Å². The third-order valence-electron chi connectivity index (χ3n) is 12.4. The van der Waals surface area contributed by atoms with Gasteiger partial charge in [0.25, 0.3) is 0 Å². The number of hydrogen-bond donors (Lipinski definition) is 4. The van der Waals surface area contributed by atoms with Crippen LogP contribution >= 0.6 is 0 Å². The van der Waals surface area contributed by atoms with Crippen molar-refractivity contribution in [2.24, 2.45) is 17.3 Å². The Kier molecular flexibility index (Phi) is 6.31. The molecule has 3 unspecified atom stereocenters. The van der Waals surface area contributed by atoms with E-state index in [1.54, 1.807) is 37.4 Å². The monoisotopic (exact) mass is 601 g/mol. The summed E-state index contributed by atoms with van der Waals surface area (Å²) < 4.78 is 13.5. The van der Waals surface area contributed by atoms with E-state index in [4.69, 9.17) is 9.47 Å². The second-order valence-electron chi connectivity index (χ2n) is 14.4. The van der Waals surface area contributed by atoms with Gasteiger partial charge in [-0.3, -0.25) is 14.5 Å². The molecule has 2 heterocycles. The highest BCUT2D eigenvalue weighted by molar-refractivity contribution is 5.87. The van der Waals surface area contributed by atoms with Crippen molar-refractivity contribution < 1.29 is 29.3 Å². The zero-order chi connectivity index (χ0) is 30.4. The number of methoxy groups -OCH3 is 1. The topological polar surface area (TPSA) is 120 Å². The lowest BCUT2D eigenvalue weighted by Crippen LogP contribution is -2.81. The molecular formula is C35H43N3O6. The van der Waals surface area contributed by atoms with Gasteiger partial charge < -0.3 is 30.3 Å². The molecule has 2 aliphatic heterocycles. The summed E-state index contributed by atoms with van der Waals surface area (Å²) in [6, 6.07) is 10.3. The normalized spacial score (nSPS) is 35.0. The summed E-state index contributed by atoms with van der Waals surface area (Å²) in [5, 5.41) is 26.8. The van der Waals surface area contributed by atoms with E-state index < -0.39 is 11.6 Å². The first-order valence-corrected chi connectivity index (χ1v) is 16.3. The molecule has 5 fully saturated rings. The predicted molar refractivity (Wildman–Crippen MR) is 163 cm³/mol. The lowest BCUT2D eigenvalue weighted by molar-refractivity contribution is -0.276. The van der Waals surface area contributed by atoms with Crippen molar-refractivity contribution in [1.29, 1.82) is 0 Å². The van der Waals surface area contributed by atoms with Crippen molar-refractivity contribution in [2.75, 3.05) is 26.7 Å². The number of carbonyl (C=O) groups excluding carboxylic acids is 2. The van der Waals surface area contributed by atoms with Crippen LogP contribution in [0.4, 0.5) is 0 Å². The zero-order valence-electron chi connectivity index (χ0n) is 25.6. The summed E-state index contributed by atoms with van der Waals surface area (Å²) in [7, 11) is 1.78. The van der Waals surface area contributed by atoms with Crippen LogP contribution in [-0.2, 0) is 32.6 Å². The first kappa shape index (κ1) is 28.2. The van der Waals surface area contributed by atoms with Crippen LogP contribution in [0, 0.1) is 17.3 Å². The Labute approximate surface area is 258 Å². The van der Waals surface area contributed by atoms with Crippen LogP contribution in [0.25, 0.3) is 0 Å². The molecule has 0 radical (unpaired) electrons. The van der Waals surface area contributed by atoms with Crippen molar-refractivity contribution in [3.05, 3.63) is 53.1 Å². The van der Waals surface area contributed by atoms with E-state index >= 15 is 0 Å². The minimum Gasteiger partial charge on any atom is -0.508 e. The molecule has 4 bridgehead atoms. The van der Waals surface area contributed by atoms with Crippen molar-refractivity contribution in [3.63, 3.8) is 0 Å². The average Bonchev–Trinajstić information content (AvgIpc) is 3.75. The number of fused-ring (bicyclic) bond motifs is 2. The second-order valence-corrected chi connectivity index (χ2v) is 14.4. The predicted octanol–water partition coefficient (Wildman–Crippen LogP) is 3.19. The molecule has 7 aliphatic rings. The van der Waals surface area contributed by atoms with Crippen LogP contribution in [-0.4, -0.2) is 77.5 Å². The summed E-state index contributed by atoms with van der Waals surface area (Å²) >= 11 is 0. The highest BCUT2D eigenvalue weighted by Crippen LogP contribution is 2.76. The molecule has 2 spiro atoms. The van der Waals surface area contributed by atoms with E-state index in [0.717, 1.165) is 56.7 Å². The van der Waals surface area contributed by atoms with E-state index in [2.05, 4.69) is 21.6 Å². The van der Waals surface area contributed by atoms with Gasteiger partial charge in [0.2, 0.25) is 11.8 Å². The summed E-state index contributed by atoms with van der Waals surface area (Å²) in [6.45, 7) is 4.03. The number of benzene rings is 2. The molecule has 2 amide bonds. The minimum atomic E-state index is -0.740. The number of piperidine rings is 1. The van der Waals surface area contributed by atoms with Gasteiger partial charge in [-0.15, -0.1) is 0 Å². The lowest BCUT2D eigenvalue weighted by atomic mass is 9.35. The summed E-state index contributed by atoms with van der Waals surface area (Å²) in [6.07, 6.45) is 7.49. The summed E-state index contributed by atoms with van der Waals surface area (Å²) in [5.74, 6) is 1.33. The number of likely N-dealkylation sites (tertiary alicyclic amines) is 1. The van der Waals surface area contributed by atoms with Gasteiger partial charge >= 0.3 is 0 Å². The number of phenolic OH excluding ortho intramolecular Hbond substituents is 2. The number of nitrogens with zero attached hydrogens (tertiary/aromatic N) is 1. The minimum absolute atomic E-state index is 0.0105. The summed E-state index contributed by atoms with van der Waals surface area (Å²) in [4.78, 5) is 28.6. The third kappa shape index (κ3) is 3.84. The molecule has 44 heavy (non-hydrogen) atoms. The Balaban J connectivity index is 1.12. The largest absolute Gasteiger partial charge is 0.508 e. The standard InChI is InChI=1S/C35H43N3O6/c1-20(39)37-26(15-21-5-8-25(40)9-6-21)31(42)36-18-24-17-33-11-12-35(24,43-2)32-34(33)13-14-38(19-22-3-4-22)28(33)16-23-7-10-27(41)30(44-32)29(23)34/h5-10,22,24,26,28,32,40-41H,3-4,11-19H2,1-2H3,(H,36,42)(H,37,39)/t24?,26-,28+,32?,33+,34-,35?/m0/s1. The van der Waals surface area contributed by atoms with Gasteiger partial charge in [0, 0.05) is 61.9 Å². The number of aromatic hydroxyl groups is 2. The highest BCUT2D eigenvalue weighted by Gasteiger charge is 2.80. The van der Waals surface area contributed by atoms with Gasteiger partial charge in [-0.1, -0.05) is 18.2 Å². The van der Waals surface area contributed by atoms with Gasteiger partial charge in [0.1, 0.15) is 23.5 Å². The number of amides is 2. The third-order valence-corrected chi connectivity index (χ3v) is 12.4. The van der Waals surface area contributed by atoms with Gasteiger partial charge in [0.05, 0.1) is 0 Å². The van der Waals surface area contributed by atoms with Crippen LogP contribution in [0.1, 0.15) is 62.1 Å². The number of ether oxygens (including phenoxy) is 2. The van der Waals surface area contributed by atoms with Gasteiger partial charge in [-0.25, -0.2) is 0 Å². The first-order valence-electron chi connectivity index (χ1n) is 16.3. The smallest absolute Gasteiger partial charge is 0.242 e. The Hall–Kier alpha value is -3.30. The molecule has 0 aromatic heterocycles. The summed E-state index contributed by atoms with van der Waals surface area (Å²) in [5.41, 5.74) is 2.53. The van der Waals surface area contributed by atoms with Gasteiger partial charge in [0.15, 0.2) is 11.5 Å².